The molecule has 1 aliphatic rings. The van der Waals surface area contributed by atoms with E-state index in [4.69, 9.17) is 20.8 Å². The molecule has 0 aliphatic carbocycles. The minimum absolute atomic E-state index is 0.0490. The fourth-order valence-corrected chi connectivity index (χ4v) is 4.47. The average molecular weight is 424 g/mol. The molecule has 29 heavy (non-hydrogen) atoms. The molecule has 2 aromatic carbocycles. The van der Waals surface area contributed by atoms with Crippen molar-refractivity contribution in [3.05, 3.63) is 85.9 Å². The van der Waals surface area contributed by atoms with Crippen LogP contribution in [0.25, 0.3) is 22.1 Å². The van der Waals surface area contributed by atoms with E-state index in [1.54, 1.807) is 35.8 Å². The van der Waals surface area contributed by atoms with E-state index in [1.807, 2.05) is 18.2 Å². The van der Waals surface area contributed by atoms with E-state index in [1.165, 1.54) is 4.88 Å². The molecule has 4 nitrogen and oxygen atoms in total. The molecule has 0 saturated heterocycles. The first-order valence-electron chi connectivity index (χ1n) is 9.40. The van der Waals surface area contributed by atoms with Crippen LogP contribution in [-0.2, 0) is 13.0 Å². The van der Waals surface area contributed by atoms with Gasteiger partial charge in [0.25, 0.3) is 0 Å². The molecule has 4 aromatic rings. The highest BCUT2D eigenvalue weighted by Crippen LogP contribution is 2.32. The first-order valence-corrected chi connectivity index (χ1v) is 10.7. The van der Waals surface area contributed by atoms with Crippen LogP contribution in [-0.4, -0.2) is 18.2 Å². The van der Waals surface area contributed by atoms with Crippen LogP contribution in [0, 0.1) is 0 Å². The van der Waals surface area contributed by atoms with Crippen molar-refractivity contribution in [3.8, 4) is 16.9 Å². The molecule has 0 spiro atoms. The van der Waals surface area contributed by atoms with Crippen LogP contribution in [0.5, 0.6) is 5.75 Å². The Balaban J connectivity index is 1.48. The van der Waals surface area contributed by atoms with Crippen LogP contribution in [0.2, 0.25) is 5.02 Å². The summed E-state index contributed by atoms with van der Waals surface area (Å²) in [5, 5.41) is 3.30. The van der Waals surface area contributed by atoms with Crippen molar-refractivity contribution in [2.24, 2.45) is 0 Å². The van der Waals surface area contributed by atoms with E-state index in [9.17, 15) is 4.79 Å². The third-order valence-corrected chi connectivity index (χ3v) is 6.38. The lowest BCUT2D eigenvalue weighted by Gasteiger charge is -2.29. The van der Waals surface area contributed by atoms with Crippen molar-refractivity contribution in [3.63, 3.8) is 0 Å². The molecule has 0 saturated carbocycles. The Morgan fingerprint density at radius 3 is 2.76 bits per heavy atom. The summed E-state index contributed by atoms with van der Waals surface area (Å²) in [7, 11) is 0. The van der Waals surface area contributed by atoms with E-state index in [0.717, 1.165) is 29.8 Å². The van der Waals surface area contributed by atoms with Gasteiger partial charge in [0.1, 0.15) is 24.3 Å². The zero-order valence-corrected chi connectivity index (χ0v) is 17.1. The summed E-state index contributed by atoms with van der Waals surface area (Å²) in [6.07, 6.45) is 2.52. The number of rotatable bonds is 4. The van der Waals surface area contributed by atoms with Gasteiger partial charge in [0.05, 0.1) is 16.5 Å². The average Bonchev–Trinajstić information content (AvgIpc) is 3.27. The largest absolute Gasteiger partial charge is 0.478 e. The number of hydrogen-bond donors (Lipinski definition) is 0. The highest BCUT2D eigenvalue weighted by atomic mass is 35.5. The normalized spacial score (nSPS) is 14.0. The molecule has 0 unspecified atom stereocenters. The molecule has 5 rings (SSSR count). The van der Waals surface area contributed by atoms with Gasteiger partial charge in [0, 0.05) is 23.0 Å². The summed E-state index contributed by atoms with van der Waals surface area (Å²) < 4.78 is 11.9. The minimum atomic E-state index is -0.0490. The molecule has 0 radical (unpaired) electrons. The van der Waals surface area contributed by atoms with Crippen molar-refractivity contribution >= 4 is 33.9 Å². The smallest absolute Gasteiger partial charge is 0.200 e. The number of halogens is 1. The fourth-order valence-electron chi connectivity index (χ4n) is 3.65. The van der Waals surface area contributed by atoms with Crippen molar-refractivity contribution in [1.82, 2.24) is 4.90 Å². The molecule has 2 aromatic heterocycles. The number of nitrogens with zero attached hydrogens (tertiary/aromatic N) is 1. The van der Waals surface area contributed by atoms with E-state index >= 15 is 0 Å². The number of ether oxygens (including phenoxy) is 1. The molecule has 0 bridgehead atoms. The summed E-state index contributed by atoms with van der Waals surface area (Å²) in [6, 6.07) is 15.1. The van der Waals surface area contributed by atoms with Gasteiger partial charge in [0.2, 0.25) is 5.43 Å². The maximum atomic E-state index is 13.1. The summed E-state index contributed by atoms with van der Waals surface area (Å²) in [5.41, 5.74) is 2.80. The lowest BCUT2D eigenvalue weighted by molar-refractivity contribution is 0.0970. The topological polar surface area (TPSA) is 42.7 Å². The molecule has 0 N–H and O–H groups in total. The molecular formula is C23H18ClNO3S. The summed E-state index contributed by atoms with van der Waals surface area (Å²) >= 11 is 7.73. The first-order chi connectivity index (χ1) is 14.2. The highest BCUT2D eigenvalue weighted by Gasteiger charge is 2.22. The van der Waals surface area contributed by atoms with Crippen LogP contribution in [0.1, 0.15) is 10.4 Å². The molecule has 6 heteroatoms. The standard InChI is InChI=1S/C23H18ClNO3S/c24-16-5-3-15(4-6-16)20-13-27-23-18(22(20)26)7-8-21-19(23)12-25(14-28-21)10-9-17-2-1-11-29-17/h1-8,11,13H,9-10,12,14H2. The van der Waals surface area contributed by atoms with Gasteiger partial charge in [-0.05, 0) is 47.7 Å². The first kappa shape index (κ1) is 18.4. The van der Waals surface area contributed by atoms with Crippen molar-refractivity contribution in [2.75, 3.05) is 13.3 Å². The Kier molecular flexibility index (Phi) is 4.87. The van der Waals surface area contributed by atoms with Gasteiger partial charge in [0.15, 0.2) is 0 Å². The summed E-state index contributed by atoms with van der Waals surface area (Å²) in [5.74, 6) is 0.785. The molecule has 0 fully saturated rings. The van der Waals surface area contributed by atoms with Gasteiger partial charge in [-0.15, -0.1) is 11.3 Å². The fraction of sp³-hybridized carbons (Fsp3) is 0.174. The Hall–Kier alpha value is -2.60. The van der Waals surface area contributed by atoms with Gasteiger partial charge in [-0.1, -0.05) is 29.8 Å². The van der Waals surface area contributed by atoms with E-state index < -0.39 is 0 Å². The SMILES string of the molecule is O=c1c(-c2ccc(Cl)cc2)coc2c3c(ccc12)OCN(CCc1cccs1)C3. The van der Waals surface area contributed by atoms with Crippen molar-refractivity contribution < 1.29 is 9.15 Å². The number of thiophene rings is 1. The molecule has 3 heterocycles. The minimum Gasteiger partial charge on any atom is -0.478 e. The second kappa shape index (κ2) is 7.67. The number of fused-ring (bicyclic) bond motifs is 3. The van der Waals surface area contributed by atoms with Crippen LogP contribution in [0.15, 0.2) is 69.4 Å². The lowest BCUT2D eigenvalue weighted by atomic mass is 10.0. The molecule has 0 amide bonds. The zero-order valence-electron chi connectivity index (χ0n) is 15.6. The Labute approximate surface area is 176 Å². The molecular weight excluding hydrogens is 406 g/mol. The van der Waals surface area contributed by atoms with Crippen LogP contribution in [0.3, 0.4) is 0 Å². The van der Waals surface area contributed by atoms with Crippen molar-refractivity contribution in [1.29, 1.82) is 0 Å². The van der Waals surface area contributed by atoms with Crippen molar-refractivity contribution in [2.45, 2.75) is 13.0 Å². The highest BCUT2D eigenvalue weighted by molar-refractivity contribution is 7.09. The maximum Gasteiger partial charge on any atom is 0.200 e. The van der Waals surface area contributed by atoms with Gasteiger partial charge >= 0.3 is 0 Å². The monoisotopic (exact) mass is 423 g/mol. The molecule has 0 atom stereocenters. The van der Waals surface area contributed by atoms with E-state index in [-0.39, 0.29) is 5.43 Å². The third kappa shape index (κ3) is 3.57. The van der Waals surface area contributed by atoms with E-state index in [0.29, 0.717) is 34.8 Å². The predicted molar refractivity (Wildman–Crippen MR) is 117 cm³/mol. The van der Waals surface area contributed by atoms with E-state index in [2.05, 4.69) is 22.4 Å². The summed E-state index contributed by atoms with van der Waals surface area (Å²) in [4.78, 5) is 16.7. The number of benzene rings is 2. The van der Waals surface area contributed by atoms with Crippen LogP contribution in [0.4, 0.5) is 0 Å². The van der Waals surface area contributed by atoms with Gasteiger partial charge in [-0.2, -0.15) is 0 Å². The van der Waals surface area contributed by atoms with Gasteiger partial charge in [-0.25, -0.2) is 0 Å². The second-order valence-electron chi connectivity index (χ2n) is 7.06. The quantitative estimate of drug-likeness (QED) is 0.430. The van der Waals surface area contributed by atoms with Gasteiger partial charge < -0.3 is 9.15 Å². The predicted octanol–water partition coefficient (Wildman–Crippen LogP) is 5.57. The summed E-state index contributed by atoms with van der Waals surface area (Å²) in [6.45, 7) is 2.13. The second-order valence-corrected chi connectivity index (χ2v) is 8.53. The molecule has 146 valence electrons. The zero-order chi connectivity index (χ0) is 19.8. The Morgan fingerprint density at radius 1 is 1.10 bits per heavy atom. The van der Waals surface area contributed by atoms with Crippen LogP contribution < -0.4 is 10.2 Å². The number of hydrogen-bond acceptors (Lipinski definition) is 5. The van der Waals surface area contributed by atoms with Gasteiger partial charge in [-0.3, -0.25) is 9.69 Å². The lowest BCUT2D eigenvalue weighted by Crippen LogP contribution is -2.33. The Bertz CT molecular complexity index is 1220. The third-order valence-electron chi connectivity index (χ3n) is 5.20. The Morgan fingerprint density at radius 2 is 1.97 bits per heavy atom. The molecule has 1 aliphatic heterocycles. The maximum absolute atomic E-state index is 13.1. The van der Waals surface area contributed by atoms with Crippen LogP contribution >= 0.6 is 22.9 Å².